The third-order valence-corrected chi connectivity index (χ3v) is 4.32. The number of hydrogen-bond donors (Lipinski definition) is 1. The van der Waals surface area contributed by atoms with Crippen LogP contribution in [0.1, 0.15) is 31.7 Å². The number of nitrogens with zero attached hydrogens (tertiary/aromatic N) is 3. The summed E-state index contributed by atoms with van der Waals surface area (Å²) in [7, 11) is 0. The molecule has 0 aliphatic carbocycles. The Morgan fingerprint density at radius 3 is 2.63 bits per heavy atom. The second-order valence-electron chi connectivity index (χ2n) is 5.66. The molecular weight excluding hydrogens is 282 g/mol. The van der Waals surface area contributed by atoms with Gasteiger partial charge in [-0.15, -0.1) is 11.3 Å². The molecule has 104 valence electrons. The van der Waals surface area contributed by atoms with Crippen LogP contribution in [-0.2, 0) is 6.42 Å². The largest absolute Gasteiger partial charge is 0.390 e. The molecule has 6 heteroatoms. The van der Waals surface area contributed by atoms with E-state index >= 15 is 0 Å². The van der Waals surface area contributed by atoms with E-state index in [1.54, 1.807) is 11.0 Å². The number of aliphatic hydroxyl groups is 1. The molecule has 0 aliphatic rings. The van der Waals surface area contributed by atoms with Gasteiger partial charge in [-0.25, -0.2) is 9.67 Å². The lowest BCUT2D eigenvalue weighted by molar-refractivity contribution is 0.0127. The summed E-state index contributed by atoms with van der Waals surface area (Å²) in [5.41, 5.74) is -0.225. The Morgan fingerprint density at radius 2 is 2.16 bits per heavy atom. The van der Waals surface area contributed by atoms with Crippen LogP contribution < -0.4 is 0 Å². The topological polar surface area (TPSA) is 50.9 Å². The van der Waals surface area contributed by atoms with Crippen LogP contribution in [0.3, 0.4) is 0 Å². The van der Waals surface area contributed by atoms with Gasteiger partial charge in [0, 0.05) is 11.3 Å². The van der Waals surface area contributed by atoms with E-state index < -0.39 is 6.10 Å². The SMILES string of the molecule is CC(C)(C)C(O)C(Cc1ccc(Cl)s1)n1cncn1. The van der Waals surface area contributed by atoms with Gasteiger partial charge in [0.1, 0.15) is 12.7 Å². The molecular formula is C13H18ClN3OS. The number of hydrogen-bond acceptors (Lipinski definition) is 4. The highest BCUT2D eigenvalue weighted by Gasteiger charge is 2.32. The molecule has 2 rings (SSSR count). The molecule has 1 N–H and O–H groups in total. The Morgan fingerprint density at radius 1 is 1.42 bits per heavy atom. The minimum atomic E-state index is -0.518. The molecule has 2 atom stereocenters. The molecule has 0 spiro atoms. The van der Waals surface area contributed by atoms with Crippen molar-refractivity contribution in [2.75, 3.05) is 0 Å². The normalized spacial score (nSPS) is 15.4. The van der Waals surface area contributed by atoms with Crippen molar-refractivity contribution in [3.8, 4) is 0 Å². The maximum absolute atomic E-state index is 10.6. The van der Waals surface area contributed by atoms with Crippen molar-refractivity contribution in [2.24, 2.45) is 5.41 Å². The van der Waals surface area contributed by atoms with Gasteiger partial charge < -0.3 is 5.11 Å². The first-order valence-corrected chi connectivity index (χ1v) is 7.34. The third kappa shape index (κ3) is 3.55. The van der Waals surface area contributed by atoms with Gasteiger partial charge in [-0.2, -0.15) is 5.10 Å². The quantitative estimate of drug-likeness (QED) is 0.943. The van der Waals surface area contributed by atoms with E-state index in [1.807, 2.05) is 32.9 Å². The molecule has 2 unspecified atom stereocenters. The molecule has 0 bridgehead atoms. The van der Waals surface area contributed by atoms with Gasteiger partial charge in [-0.05, 0) is 17.5 Å². The van der Waals surface area contributed by atoms with Crippen molar-refractivity contribution in [3.05, 3.63) is 34.0 Å². The fraction of sp³-hybridized carbons (Fsp3) is 0.538. The predicted molar refractivity (Wildman–Crippen MR) is 77.6 cm³/mol. The van der Waals surface area contributed by atoms with Crippen molar-refractivity contribution in [2.45, 2.75) is 39.3 Å². The summed E-state index contributed by atoms with van der Waals surface area (Å²) in [5.74, 6) is 0. The van der Waals surface area contributed by atoms with Crippen molar-refractivity contribution in [1.29, 1.82) is 0 Å². The van der Waals surface area contributed by atoms with E-state index in [0.29, 0.717) is 6.42 Å². The summed E-state index contributed by atoms with van der Waals surface area (Å²) in [6.07, 6.45) is 3.31. The smallest absolute Gasteiger partial charge is 0.137 e. The van der Waals surface area contributed by atoms with Crippen LogP contribution in [0, 0.1) is 5.41 Å². The maximum atomic E-state index is 10.6. The Labute approximate surface area is 122 Å². The monoisotopic (exact) mass is 299 g/mol. The first-order chi connectivity index (χ1) is 8.88. The molecule has 0 saturated carbocycles. The van der Waals surface area contributed by atoms with Crippen LogP contribution in [0.5, 0.6) is 0 Å². The number of halogens is 1. The zero-order chi connectivity index (χ0) is 14.0. The van der Waals surface area contributed by atoms with E-state index in [9.17, 15) is 5.11 Å². The molecule has 0 aromatic carbocycles. The van der Waals surface area contributed by atoms with Crippen molar-refractivity contribution >= 4 is 22.9 Å². The molecule has 2 heterocycles. The molecule has 0 amide bonds. The first kappa shape index (κ1) is 14.5. The van der Waals surface area contributed by atoms with Crippen LogP contribution in [0.25, 0.3) is 0 Å². The second-order valence-corrected chi connectivity index (χ2v) is 7.46. The molecule has 2 aromatic heterocycles. The molecule has 2 aromatic rings. The third-order valence-electron chi connectivity index (χ3n) is 3.07. The highest BCUT2D eigenvalue weighted by Crippen LogP contribution is 2.32. The van der Waals surface area contributed by atoms with E-state index in [0.717, 1.165) is 9.21 Å². The molecule has 0 fully saturated rings. The summed E-state index contributed by atoms with van der Waals surface area (Å²) in [6.45, 7) is 6.05. The molecule has 0 saturated heterocycles. The van der Waals surface area contributed by atoms with Crippen LogP contribution in [0.15, 0.2) is 24.8 Å². The predicted octanol–water partition coefficient (Wildman–Crippen LogP) is 3.18. The van der Waals surface area contributed by atoms with Crippen LogP contribution >= 0.6 is 22.9 Å². The maximum Gasteiger partial charge on any atom is 0.137 e. The van der Waals surface area contributed by atoms with E-state index in [1.165, 1.54) is 17.7 Å². The van der Waals surface area contributed by atoms with Crippen LogP contribution in [-0.4, -0.2) is 26.0 Å². The Bertz CT molecular complexity index is 518. The van der Waals surface area contributed by atoms with Gasteiger partial charge in [0.25, 0.3) is 0 Å². The Kier molecular flexibility index (Phi) is 4.28. The minimum absolute atomic E-state index is 0.141. The molecule has 0 aliphatic heterocycles. The fourth-order valence-corrected chi connectivity index (χ4v) is 3.12. The van der Waals surface area contributed by atoms with E-state index in [4.69, 9.17) is 11.6 Å². The van der Waals surface area contributed by atoms with Crippen molar-refractivity contribution in [3.63, 3.8) is 0 Å². The highest BCUT2D eigenvalue weighted by atomic mass is 35.5. The fourth-order valence-electron chi connectivity index (χ4n) is 1.98. The van der Waals surface area contributed by atoms with Crippen LogP contribution in [0.2, 0.25) is 4.34 Å². The van der Waals surface area contributed by atoms with Crippen molar-refractivity contribution in [1.82, 2.24) is 14.8 Å². The summed E-state index contributed by atoms with van der Waals surface area (Å²) >= 11 is 7.49. The zero-order valence-corrected chi connectivity index (χ0v) is 12.8. The lowest BCUT2D eigenvalue weighted by Gasteiger charge is -2.32. The lowest BCUT2D eigenvalue weighted by atomic mass is 9.83. The molecule has 0 radical (unpaired) electrons. The van der Waals surface area contributed by atoms with Gasteiger partial charge in [-0.1, -0.05) is 32.4 Å². The Hall–Kier alpha value is -0.910. The Balaban J connectivity index is 2.25. The van der Waals surface area contributed by atoms with E-state index in [-0.39, 0.29) is 11.5 Å². The van der Waals surface area contributed by atoms with Gasteiger partial charge in [0.15, 0.2) is 0 Å². The number of aromatic nitrogens is 3. The zero-order valence-electron chi connectivity index (χ0n) is 11.2. The summed E-state index contributed by atoms with van der Waals surface area (Å²) in [4.78, 5) is 5.11. The summed E-state index contributed by atoms with van der Waals surface area (Å²) in [6, 6.07) is 3.73. The average molecular weight is 300 g/mol. The number of rotatable bonds is 4. The van der Waals surface area contributed by atoms with Gasteiger partial charge in [0.05, 0.1) is 16.5 Å². The second kappa shape index (κ2) is 5.61. The lowest BCUT2D eigenvalue weighted by Crippen LogP contribution is -2.36. The minimum Gasteiger partial charge on any atom is -0.390 e. The summed E-state index contributed by atoms with van der Waals surface area (Å²) < 4.78 is 2.49. The van der Waals surface area contributed by atoms with Crippen molar-refractivity contribution < 1.29 is 5.11 Å². The number of thiophene rings is 1. The highest BCUT2D eigenvalue weighted by molar-refractivity contribution is 7.16. The molecule has 19 heavy (non-hydrogen) atoms. The van der Waals surface area contributed by atoms with Gasteiger partial charge in [0.2, 0.25) is 0 Å². The first-order valence-electron chi connectivity index (χ1n) is 6.14. The summed E-state index contributed by atoms with van der Waals surface area (Å²) in [5, 5.41) is 14.7. The standard InChI is InChI=1S/C13H18ClN3OS/c1-13(2,3)12(18)10(17-8-15-7-16-17)6-9-4-5-11(14)19-9/h4-5,7-8,10,12,18H,6H2,1-3H3. The van der Waals surface area contributed by atoms with E-state index in [2.05, 4.69) is 10.1 Å². The number of aliphatic hydroxyl groups excluding tert-OH is 1. The average Bonchev–Trinajstić information content (AvgIpc) is 2.95. The van der Waals surface area contributed by atoms with Gasteiger partial charge in [-0.3, -0.25) is 0 Å². The van der Waals surface area contributed by atoms with Gasteiger partial charge >= 0.3 is 0 Å². The molecule has 4 nitrogen and oxygen atoms in total. The van der Waals surface area contributed by atoms with Crippen LogP contribution in [0.4, 0.5) is 0 Å².